The standard InChI is InChI=1S/C20H18N2O4/c1-2-25-18-12-14(19(23)22-21)10-11-17(18)26-20(24)16-9-5-7-13-6-3-4-8-15(13)16/h3-12H,2,21H2,1H3,(H,22,23). The van der Waals surface area contributed by atoms with Crippen molar-refractivity contribution < 1.29 is 19.1 Å². The highest BCUT2D eigenvalue weighted by molar-refractivity contribution is 6.05. The van der Waals surface area contributed by atoms with Gasteiger partial charge in [-0.25, -0.2) is 10.6 Å². The summed E-state index contributed by atoms with van der Waals surface area (Å²) in [5.41, 5.74) is 2.81. The minimum absolute atomic E-state index is 0.235. The third kappa shape index (κ3) is 3.50. The summed E-state index contributed by atoms with van der Waals surface area (Å²) >= 11 is 0. The van der Waals surface area contributed by atoms with Crippen LogP contribution in [0.25, 0.3) is 10.8 Å². The molecule has 6 heteroatoms. The lowest BCUT2D eigenvalue weighted by Gasteiger charge is -2.12. The monoisotopic (exact) mass is 350 g/mol. The zero-order chi connectivity index (χ0) is 18.5. The predicted octanol–water partition coefficient (Wildman–Crippen LogP) is 3.06. The van der Waals surface area contributed by atoms with Crippen molar-refractivity contribution in [3.8, 4) is 11.5 Å². The normalized spacial score (nSPS) is 10.4. The van der Waals surface area contributed by atoms with Crippen LogP contribution in [-0.4, -0.2) is 18.5 Å². The quantitative estimate of drug-likeness (QED) is 0.243. The molecule has 6 nitrogen and oxygen atoms in total. The number of nitrogens with two attached hydrogens (primary N) is 1. The number of carbonyl (C=O) groups excluding carboxylic acids is 2. The smallest absolute Gasteiger partial charge is 0.344 e. The van der Waals surface area contributed by atoms with Gasteiger partial charge in [0, 0.05) is 5.56 Å². The number of nitrogens with one attached hydrogen (secondary N) is 1. The van der Waals surface area contributed by atoms with Gasteiger partial charge in [-0.1, -0.05) is 36.4 Å². The molecular formula is C20H18N2O4. The van der Waals surface area contributed by atoms with E-state index in [1.807, 2.05) is 30.3 Å². The van der Waals surface area contributed by atoms with Crippen LogP contribution in [0.3, 0.4) is 0 Å². The molecular weight excluding hydrogens is 332 g/mol. The molecule has 3 aromatic rings. The molecule has 0 unspecified atom stereocenters. The highest BCUT2D eigenvalue weighted by Gasteiger charge is 2.17. The summed E-state index contributed by atoms with van der Waals surface area (Å²) in [6.45, 7) is 2.15. The Labute approximate surface area is 150 Å². The van der Waals surface area contributed by atoms with Gasteiger partial charge in [0.2, 0.25) is 0 Å². The summed E-state index contributed by atoms with van der Waals surface area (Å²) in [6.07, 6.45) is 0. The van der Waals surface area contributed by atoms with Gasteiger partial charge in [0.05, 0.1) is 12.2 Å². The molecule has 0 spiro atoms. The van der Waals surface area contributed by atoms with Crippen LogP contribution in [0, 0.1) is 0 Å². The molecule has 0 aromatic heterocycles. The van der Waals surface area contributed by atoms with Crippen LogP contribution < -0.4 is 20.7 Å². The molecule has 0 heterocycles. The highest BCUT2D eigenvalue weighted by atomic mass is 16.6. The van der Waals surface area contributed by atoms with Gasteiger partial charge in [-0.3, -0.25) is 10.2 Å². The van der Waals surface area contributed by atoms with Gasteiger partial charge in [0.1, 0.15) is 0 Å². The molecule has 0 radical (unpaired) electrons. The number of benzene rings is 3. The highest BCUT2D eigenvalue weighted by Crippen LogP contribution is 2.30. The molecule has 0 fully saturated rings. The fraction of sp³-hybridized carbons (Fsp3) is 0.100. The van der Waals surface area contributed by atoms with Crippen molar-refractivity contribution in [1.82, 2.24) is 5.43 Å². The fourth-order valence-corrected chi connectivity index (χ4v) is 2.64. The van der Waals surface area contributed by atoms with E-state index in [9.17, 15) is 9.59 Å². The van der Waals surface area contributed by atoms with Crippen LogP contribution >= 0.6 is 0 Å². The third-order valence-electron chi connectivity index (χ3n) is 3.85. The Bertz CT molecular complexity index is 964. The maximum absolute atomic E-state index is 12.7. The first-order valence-corrected chi connectivity index (χ1v) is 8.11. The second kappa shape index (κ2) is 7.67. The maximum atomic E-state index is 12.7. The zero-order valence-electron chi connectivity index (χ0n) is 14.2. The number of ether oxygens (including phenoxy) is 2. The Morgan fingerprint density at radius 1 is 1.00 bits per heavy atom. The molecule has 0 bridgehead atoms. The van der Waals surface area contributed by atoms with Crippen molar-refractivity contribution >= 4 is 22.6 Å². The van der Waals surface area contributed by atoms with E-state index in [1.165, 1.54) is 18.2 Å². The molecule has 132 valence electrons. The Kier molecular flexibility index (Phi) is 5.15. The van der Waals surface area contributed by atoms with Gasteiger partial charge in [-0.15, -0.1) is 0 Å². The minimum Gasteiger partial charge on any atom is -0.490 e. The van der Waals surface area contributed by atoms with Crippen LogP contribution in [0.2, 0.25) is 0 Å². The van der Waals surface area contributed by atoms with E-state index in [4.69, 9.17) is 15.3 Å². The molecule has 0 saturated carbocycles. The molecule has 0 aliphatic rings. The van der Waals surface area contributed by atoms with Crippen LogP contribution in [0.4, 0.5) is 0 Å². The summed E-state index contributed by atoms with van der Waals surface area (Å²) in [6, 6.07) is 17.5. The lowest BCUT2D eigenvalue weighted by molar-refractivity contribution is 0.0730. The predicted molar refractivity (Wildman–Crippen MR) is 98.2 cm³/mol. The number of fused-ring (bicyclic) bond motifs is 1. The van der Waals surface area contributed by atoms with E-state index in [2.05, 4.69) is 5.43 Å². The number of amides is 1. The van der Waals surface area contributed by atoms with Gasteiger partial charge in [-0.05, 0) is 42.0 Å². The average molecular weight is 350 g/mol. The van der Waals surface area contributed by atoms with E-state index in [1.54, 1.807) is 19.1 Å². The molecule has 3 N–H and O–H groups in total. The van der Waals surface area contributed by atoms with E-state index in [-0.39, 0.29) is 5.75 Å². The minimum atomic E-state index is -0.501. The summed E-state index contributed by atoms with van der Waals surface area (Å²) < 4.78 is 11.0. The average Bonchev–Trinajstić information content (AvgIpc) is 2.68. The number of rotatable bonds is 5. The molecule has 3 aromatic carbocycles. The number of esters is 1. The largest absolute Gasteiger partial charge is 0.490 e. The number of hydrogen-bond acceptors (Lipinski definition) is 5. The first kappa shape index (κ1) is 17.4. The second-order valence-corrected chi connectivity index (χ2v) is 5.48. The first-order chi connectivity index (χ1) is 12.6. The van der Waals surface area contributed by atoms with Crippen LogP contribution in [0.15, 0.2) is 60.7 Å². The van der Waals surface area contributed by atoms with Crippen molar-refractivity contribution in [2.24, 2.45) is 5.84 Å². The van der Waals surface area contributed by atoms with Crippen LogP contribution in [-0.2, 0) is 0 Å². The molecule has 0 aliphatic heterocycles. The SMILES string of the molecule is CCOc1cc(C(=O)NN)ccc1OC(=O)c1cccc2ccccc12. The van der Waals surface area contributed by atoms with E-state index >= 15 is 0 Å². The number of nitrogen functional groups attached to an aromatic ring is 1. The van der Waals surface area contributed by atoms with E-state index < -0.39 is 11.9 Å². The number of carbonyl (C=O) groups is 2. The molecule has 3 rings (SSSR count). The lowest BCUT2D eigenvalue weighted by Crippen LogP contribution is -2.29. The summed E-state index contributed by atoms with van der Waals surface area (Å²) in [5, 5.41) is 1.75. The molecule has 26 heavy (non-hydrogen) atoms. The molecule has 1 amide bonds. The number of hydrazine groups is 1. The topological polar surface area (TPSA) is 90.7 Å². The molecule has 0 atom stereocenters. The Morgan fingerprint density at radius 3 is 2.54 bits per heavy atom. The Morgan fingerprint density at radius 2 is 1.77 bits per heavy atom. The van der Waals surface area contributed by atoms with Crippen molar-refractivity contribution in [3.63, 3.8) is 0 Å². The zero-order valence-corrected chi connectivity index (χ0v) is 14.2. The molecule has 0 aliphatic carbocycles. The van der Waals surface area contributed by atoms with Crippen molar-refractivity contribution in [2.45, 2.75) is 6.92 Å². The van der Waals surface area contributed by atoms with Crippen LogP contribution in [0.5, 0.6) is 11.5 Å². The number of hydrogen-bond donors (Lipinski definition) is 2. The summed E-state index contributed by atoms with van der Waals surface area (Å²) in [5.74, 6) is 4.72. The van der Waals surface area contributed by atoms with Crippen molar-refractivity contribution in [1.29, 1.82) is 0 Å². The van der Waals surface area contributed by atoms with E-state index in [0.29, 0.717) is 23.5 Å². The van der Waals surface area contributed by atoms with Crippen molar-refractivity contribution in [3.05, 3.63) is 71.8 Å². The van der Waals surface area contributed by atoms with Gasteiger partial charge >= 0.3 is 5.97 Å². The molecule has 0 saturated heterocycles. The van der Waals surface area contributed by atoms with Gasteiger partial charge < -0.3 is 9.47 Å². The third-order valence-corrected chi connectivity index (χ3v) is 3.85. The Balaban J connectivity index is 1.94. The van der Waals surface area contributed by atoms with Crippen LogP contribution in [0.1, 0.15) is 27.6 Å². The van der Waals surface area contributed by atoms with Gasteiger partial charge in [0.25, 0.3) is 5.91 Å². The first-order valence-electron chi connectivity index (χ1n) is 8.11. The van der Waals surface area contributed by atoms with Gasteiger partial charge in [0.15, 0.2) is 11.5 Å². The lowest BCUT2D eigenvalue weighted by atomic mass is 10.0. The van der Waals surface area contributed by atoms with E-state index in [0.717, 1.165) is 10.8 Å². The van der Waals surface area contributed by atoms with Crippen molar-refractivity contribution in [2.75, 3.05) is 6.61 Å². The second-order valence-electron chi connectivity index (χ2n) is 5.48. The Hall–Kier alpha value is -3.38. The maximum Gasteiger partial charge on any atom is 0.344 e. The summed E-state index contributed by atoms with van der Waals surface area (Å²) in [7, 11) is 0. The fourth-order valence-electron chi connectivity index (χ4n) is 2.64. The summed E-state index contributed by atoms with van der Waals surface area (Å²) in [4.78, 5) is 24.4. The van der Waals surface area contributed by atoms with Gasteiger partial charge in [-0.2, -0.15) is 0 Å².